The molecule has 2 aliphatic rings. The van der Waals surface area contributed by atoms with Crippen molar-refractivity contribution in [2.45, 2.75) is 19.8 Å². The Balaban J connectivity index is 1.97. The third kappa shape index (κ3) is 1.78. The number of nitrogens with one attached hydrogen (secondary N) is 2. The molecule has 88 valence electrons. The van der Waals surface area contributed by atoms with Crippen LogP contribution in [-0.2, 0) is 4.79 Å². The van der Waals surface area contributed by atoms with Crippen molar-refractivity contribution in [1.29, 1.82) is 0 Å². The van der Waals surface area contributed by atoms with Gasteiger partial charge in [0, 0.05) is 17.3 Å². The molecule has 1 saturated carbocycles. The number of carbonyl (C=O) groups is 1. The van der Waals surface area contributed by atoms with E-state index in [1.54, 1.807) is 18.3 Å². The molecule has 0 spiro atoms. The van der Waals surface area contributed by atoms with Crippen molar-refractivity contribution < 1.29 is 4.79 Å². The monoisotopic (exact) mass is 249 g/mol. The lowest BCUT2D eigenvalue weighted by Gasteiger charge is -2.07. The first-order chi connectivity index (χ1) is 8.08. The molecular weight excluding hydrogens is 238 g/mol. The van der Waals surface area contributed by atoms with Gasteiger partial charge in [-0.3, -0.25) is 4.79 Å². The normalized spacial score (nSPS) is 23.8. The Morgan fingerprint density at radius 3 is 2.88 bits per heavy atom. The molecule has 2 N–H and O–H groups in total. The molecule has 0 unspecified atom stereocenters. The summed E-state index contributed by atoms with van der Waals surface area (Å²) in [5, 5.41) is 4.77. The molecule has 4 nitrogen and oxygen atoms in total. The van der Waals surface area contributed by atoms with Gasteiger partial charge in [-0.15, -0.1) is 0 Å². The summed E-state index contributed by atoms with van der Waals surface area (Å²) in [4.78, 5) is 14.7. The van der Waals surface area contributed by atoms with Crippen LogP contribution in [0.2, 0.25) is 5.02 Å². The minimum atomic E-state index is -0.140. The minimum absolute atomic E-state index is 0.0708. The molecule has 5 heteroatoms. The molecule has 0 radical (unpaired) electrons. The summed E-state index contributed by atoms with van der Waals surface area (Å²) in [6, 6.07) is 1.78. The Morgan fingerprint density at radius 2 is 2.29 bits per heavy atom. The highest BCUT2D eigenvalue weighted by Gasteiger charge is 2.47. The van der Waals surface area contributed by atoms with Crippen LogP contribution in [0.15, 0.2) is 22.9 Å². The number of hydrogen-bond acceptors (Lipinski definition) is 2. The Bertz CT molecular complexity index is 552. The van der Waals surface area contributed by atoms with Crippen LogP contribution in [0.3, 0.4) is 0 Å². The van der Waals surface area contributed by atoms with Crippen LogP contribution in [0.1, 0.15) is 25.5 Å². The molecule has 2 heterocycles. The second-order valence-corrected chi connectivity index (χ2v) is 5.23. The lowest BCUT2D eigenvalue weighted by molar-refractivity contribution is -0.116. The predicted octanol–water partition coefficient (Wildman–Crippen LogP) is 2.34. The summed E-state index contributed by atoms with van der Waals surface area (Å²) >= 11 is 5.83. The second kappa shape index (κ2) is 3.47. The largest absolute Gasteiger partial charge is 0.360 e. The number of halogens is 1. The number of amides is 1. The molecule has 1 aliphatic carbocycles. The van der Waals surface area contributed by atoms with Gasteiger partial charge in [0.1, 0.15) is 0 Å². The molecule has 1 aromatic rings. The Morgan fingerprint density at radius 1 is 1.53 bits per heavy atom. The van der Waals surface area contributed by atoms with E-state index in [4.69, 9.17) is 11.6 Å². The van der Waals surface area contributed by atoms with E-state index in [-0.39, 0.29) is 11.3 Å². The molecule has 1 amide bonds. The summed E-state index contributed by atoms with van der Waals surface area (Å²) in [5.74, 6) is -0.140. The second-order valence-electron chi connectivity index (χ2n) is 4.79. The quantitative estimate of drug-likeness (QED) is 0.777. The van der Waals surface area contributed by atoms with Gasteiger partial charge in [0.15, 0.2) is 0 Å². The number of H-pyrrole nitrogens is 1. The van der Waals surface area contributed by atoms with Crippen LogP contribution in [0, 0.1) is 5.41 Å². The van der Waals surface area contributed by atoms with E-state index < -0.39 is 0 Å². The summed E-state index contributed by atoms with van der Waals surface area (Å²) in [6.07, 6.45) is 5.67. The van der Waals surface area contributed by atoms with Crippen LogP contribution in [0.4, 0.5) is 0 Å². The molecule has 1 aromatic heterocycles. The van der Waals surface area contributed by atoms with Crippen molar-refractivity contribution in [1.82, 2.24) is 10.4 Å². The maximum Gasteiger partial charge on any atom is 0.273 e. The van der Waals surface area contributed by atoms with Crippen molar-refractivity contribution in [3.63, 3.8) is 0 Å². The van der Waals surface area contributed by atoms with Crippen molar-refractivity contribution in [2.24, 2.45) is 10.5 Å². The van der Waals surface area contributed by atoms with Crippen LogP contribution < -0.4 is 5.43 Å². The van der Waals surface area contributed by atoms with E-state index >= 15 is 0 Å². The van der Waals surface area contributed by atoms with E-state index in [1.165, 1.54) is 0 Å². The van der Waals surface area contributed by atoms with Gasteiger partial charge in [-0.2, -0.15) is 5.10 Å². The van der Waals surface area contributed by atoms with Crippen molar-refractivity contribution in [3.05, 3.63) is 28.6 Å². The topological polar surface area (TPSA) is 57.2 Å². The van der Waals surface area contributed by atoms with Gasteiger partial charge < -0.3 is 4.98 Å². The average Bonchev–Trinajstić information content (AvgIpc) is 2.72. The van der Waals surface area contributed by atoms with E-state index in [2.05, 4.69) is 22.4 Å². The maximum absolute atomic E-state index is 11.7. The highest BCUT2D eigenvalue weighted by atomic mass is 35.5. The van der Waals surface area contributed by atoms with Crippen LogP contribution >= 0.6 is 11.6 Å². The number of hydrogen-bond donors (Lipinski definition) is 2. The third-order valence-corrected chi connectivity index (χ3v) is 3.53. The predicted molar refractivity (Wildman–Crippen MR) is 66.7 cm³/mol. The number of nitrogens with zero attached hydrogens (tertiary/aromatic N) is 1. The summed E-state index contributed by atoms with van der Waals surface area (Å²) in [6.45, 7) is 2.13. The maximum atomic E-state index is 11.7. The Kier molecular flexibility index (Phi) is 2.16. The van der Waals surface area contributed by atoms with E-state index in [1.807, 2.05) is 0 Å². The molecule has 0 atom stereocenters. The fourth-order valence-corrected chi connectivity index (χ4v) is 2.15. The molecule has 0 saturated heterocycles. The SMILES string of the molecule is CC1(C2=NNC(=O)/C2=C/c2cc(Cl)c[nH]2)CC1. The van der Waals surface area contributed by atoms with E-state index in [9.17, 15) is 4.79 Å². The highest BCUT2D eigenvalue weighted by molar-refractivity contribution is 6.31. The van der Waals surface area contributed by atoms with Gasteiger partial charge >= 0.3 is 0 Å². The first-order valence-corrected chi connectivity index (χ1v) is 5.91. The van der Waals surface area contributed by atoms with Crippen LogP contribution in [-0.4, -0.2) is 16.6 Å². The molecule has 0 aromatic carbocycles. The minimum Gasteiger partial charge on any atom is -0.360 e. The van der Waals surface area contributed by atoms with Gasteiger partial charge in [-0.25, -0.2) is 5.43 Å². The number of aromatic amines is 1. The van der Waals surface area contributed by atoms with Crippen molar-refractivity contribution >= 4 is 29.3 Å². The zero-order chi connectivity index (χ0) is 12.0. The molecule has 1 fully saturated rings. The zero-order valence-electron chi connectivity index (χ0n) is 9.38. The molecular formula is C12H12ClN3O. The molecule has 0 bridgehead atoms. The fourth-order valence-electron chi connectivity index (χ4n) is 1.98. The van der Waals surface area contributed by atoms with Gasteiger partial charge in [0.25, 0.3) is 5.91 Å². The lowest BCUT2D eigenvalue weighted by atomic mass is 9.95. The molecule has 3 rings (SSSR count). The van der Waals surface area contributed by atoms with E-state index in [0.29, 0.717) is 10.6 Å². The highest BCUT2D eigenvalue weighted by Crippen LogP contribution is 2.49. The zero-order valence-corrected chi connectivity index (χ0v) is 10.1. The van der Waals surface area contributed by atoms with Crippen LogP contribution in [0.5, 0.6) is 0 Å². The number of hydrazone groups is 1. The fraction of sp³-hybridized carbons (Fsp3) is 0.333. The first-order valence-electron chi connectivity index (χ1n) is 5.53. The van der Waals surface area contributed by atoms with E-state index in [0.717, 1.165) is 24.2 Å². The summed E-state index contributed by atoms with van der Waals surface area (Å²) < 4.78 is 0. The third-order valence-electron chi connectivity index (χ3n) is 3.31. The summed E-state index contributed by atoms with van der Waals surface area (Å²) in [5.41, 5.74) is 4.93. The van der Waals surface area contributed by atoms with Crippen LogP contribution in [0.25, 0.3) is 6.08 Å². The Labute approximate surface area is 104 Å². The van der Waals surface area contributed by atoms with Gasteiger partial charge in [-0.05, 0) is 25.0 Å². The van der Waals surface area contributed by atoms with Crippen molar-refractivity contribution in [3.8, 4) is 0 Å². The number of carbonyl (C=O) groups excluding carboxylic acids is 1. The number of rotatable bonds is 2. The summed E-state index contributed by atoms with van der Waals surface area (Å²) in [7, 11) is 0. The van der Waals surface area contributed by atoms with Gasteiger partial charge in [0.2, 0.25) is 0 Å². The Hall–Kier alpha value is -1.55. The standard InChI is InChI=1S/C12H12ClN3O/c1-12(2-3-12)10-9(11(17)16-15-10)5-8-4-7(13)6-14-8/h4-6,14H,2-3H2,1H3,(H,16,17)/b9-5+. The molecule has 1 aliphatic heterocycles. The first kappa shape index (κ1) is 10.6. The van der Waals surface area contributed by atoms with Gasteiger partial charge in [-0.1, -0.05) is 18.5 Å². The van der Waals surface area contributed by atoms with Crippen molar-refractivity contribution in [2.75, 3.05) is 0 Å². The smallest absolute Gasteiger partial charge is 0.273 e. The van der Waals surface area contributed by atoms with Gasteiger partial charge in [0.05, 0.1) is 16.3 Å². The number of aromatic nitrogens is 1. The molecule has 17 heavy (non-hydrogen) atoms. The lowest BCUT2D eigenvalue weighted by Crippen LogP contribution is -2.17. The average molecular weight is 250 g/mol.